The molecule has 0 bridgehead atoms. The molecule has 1 fully saturated rings. The summed E-state index contributed by atoms with van der Waals surface area (Å²) in [5.41, 5.74) is 0.206. The molecule has 5 heteroatoms. The molecule has 0 aromatic heterocycles. The van der Waals surface area contributed by atoms with E-state index in [2.05, 4.69) is 22.6 Å². The van der Waals surface area contributed by atoms with E-state index in [1.165, 1.54) is 4.90 Å². The largest absolute Gasteiger partial charge is 0.465 e. The molecule has 2 rings (SSSR count). The van der Waals surface area contributed by atoms with Crippen molar-refractivity contribution < 1.29 is 14.6 Å². The first-order valence-electron chi connectivity index (χ1n) is 5.33. The predicted molar refractivity (Wildman–Crippen MR) is 71.8 cm³/mol. The number of benzene rings is 1. The summed E-state index contributed by atoms with van der Waals surface area (Å²) in [5.74, 6) is 0. The molecule has 1 aliphatic rings. The number of nitrogens with zero attached hydrogens (tertiary/aromatic N) is 1. The van der Waals surface area contributed by atoms with Gasteiger partial charge >= 0.3 is 6.09 Å². The minimum Gasteiger partial charge on any atom is -0.465 e. The predicted octanol–water partition coefficient (Wildman–Crippen LogP) is 3.08. The van der Waals surface area contributed by atoms with Crippen LogP contribution in [0.2, 0.25) is 0 Å². The van der Waals surface area contributed by atoms with Gasteiger partial charge in [-0.1, -0.05) is 12.1 Å². The molecule has 1 unspecified atom stereocenters. The summed E-state index contributed by atoms with van der Waals surface area (Å²) in [5, 5.41) is 9.28. The summed E-state index contributed by atoms with van der Waals surface area (Å²) in [6.07, 6.45) is -0.948. The van der Waals surface area contributed by atoms with E-state index in [9.17, 15) is 9.90 Å². The van der Waals surface area contributed by atoms with Crippen LogP contribution in [-0.2, 0) is 4.74 Å². The average molecular weight is 347 g/mol. The molecule has 1 aromatic carbocycles. The smallest absolute Gasteiger partial charge is 0.410 e. The van der Waals surface area contributed by atoms with Crippen LogP contribution >= 0.6 is 22.6 Å². The van der Waals surface area contributed by atoms with Crippen molar-refractivity contribution in [3.63, 3.8) is 0 Å². The first-order valence-corrected chi connectivity index (χ1v) is 6.41. The van der Waals surface area contributed by atoms with Gasteiger partial charge in [-0.25, -0.2) is 4.79 Å². The van der Waals surface area contributed by atoms with Gasteiger partial charge < -0.3 is 9.84 Å². The van der Waals surface area contributed by atoms with Crippen molar-refractivity contribution in [1.82, 2.24) is 4.90 Å². The Hall–Kier alpha value is -0.820. The molecule has 1 aromatic rings. The zero-order valence-electron chi connectivity index (χ0n) is 9.68. The van der Waals surface area contributed by atoms with Crippen LogP contribution in [0, 0.1) is 3.57 Å². The van der Waals surface area contributed by atoms with Gasteiger partial charge in [-0.05, 0) is 54.1 Å². The molecule has 1 aliphatic heterocycles. The lowest BCUT2D eigenvalue weighted by molar-refractivity contribution is -0.0420. The van der Waals surface area contributed by atoms with E-state index in [-0.39, 0.29) is 6.04 Å². The summed E-state index contributed by atoms with van der Waals surface area (Å²) in [6, 6.07) is 7.63. The minimum absolute atomic E-state index is 0.223. The van der Waals surface area contributed by atoms with E-state index in [1.807, 2.05) is 24.3 Å². The van der Waals surface area contributed by atoms with Crippen LogP contribution in [0.4, 0.5) is 4.79 Å². The third kappa shape index (κ3) is 2.40. The van der Waals surface area contributed by atoms with E-state index < -0.39 is 11.8 Å². The normalized spacial score (nSPS) is 22.8. The molecule has 1 amide bonds. The summed E-state index contributed by atoms with van der Waals surface area (Å²) < 4.78 is 6.69. The van der Waals surface area contributed by atoms with Crippen LogP contribution in [0.1, 0.15) is 25.5 Å². The molecular weight excluding hydrogens is 333 g/mol. The van der Waals surface area contributed by atoms with Gasteiger partial charge in [0.2, 0.25) is 0 Å². The summed E-state index contributed by atoms with van der Waals surface area (Å²) in [7, 11) is 0. The second-order valence-corrected chi connectivity index (χ2v) is 5.72. The van der Waals surface area contributed by atoms with E-state index >= 15 is 0 Å². The van der Waals surface area contributed by atoms with Crippen molar-refractivity contribution in [3.8, 4) is 0 Å². The Labute approximate surface area is 114 Å². The molecule has 0 saturated carbocycles. The van der Waals surface area contributed by atoms with Gasteiger partial charge in [0.05, 0.1) is 12.6 Å². The summed E-state index contributed by atoms with van der Waals surface area (Å²) >= 11 is 2.22. The molecule has 4 nitrogen and oxygen atoms in total. The summed E-state index contributed by atoms with van der Waals surface area (Å²) in [4.78, 5) is 12.7. The quantitative estimate of drug-likeness (QED) is 0.795. The van der Waals surface area contributed by atoms with Crippen LogP contribution < -0.4 is 0 Å². The molecule has 0 spiro atoms. The Balaban J connectivity index is 2.33. The number of hydrogen-bond acceptors (Lipinski definition) is 2. The molecule has 0 aliphatic carbocycles. The van der Waals surface area contributed by atoms with Crippen LogP contribution in [0.25, 0.3) is 0 Å². The number of ether oxygens (including phenoxy) is 1. The third-order valence-corrected chi connectivity index (χ3v) is 3.67. The van der Waals surface area contributed by atoms with Gasteiger partial charge in [0.25, 0.3) is 0 Å². The van der Waals surface area contributed by atoms with Crippen molar-refractivity contribution in [1.29, 1.82) is 0 Å². The third-order valence-electron chi connectivity index (χ3n) is 2.95. The lowest BCUT2D eigenvalue weighted by Gasteiger charge is -2.31. The fourth-order valence-electron chi connectivity index (χ4n) is 2.10. The zero-order valence-corrected chi connectivity index (χ0v) is 11.8. The van der Waals surface area contributed by atoms with Crippen molar-refractivity contribution in [2.75, 3.05) is 6.61 Å². The molecule has 1 atom stereocenters. The average Bonchev–Trinajstić information content (AvgIpc) is 2.55. The Kier molecular flexibility index (Phi) is 3.31. The van der Waals surface area contributed by atoms with Gasteiger partial charge in [-0.2, -0.15) is 0 Å². The highest BCUT2D eigenvalue weighted by molar-refractivity contribution is 14.1. The van der Waals surface area contributed by atoms with Gasteiger partial charge in [0.15, 0.2) is 0 Å². The first kappa shape index (κ1) is 12.6. The molecule has 1 N–H and O–H groups in total. The number of carboxylic acid groups (broad SMARTS) is 1. The molecule has 17 heavy (non-hydrogen) atoms. The lowest BCUT2D eigenvalue weighted by Crippen LogP contribution is -2.43. The maximum Gasteiger partial charge on any atom is 0.410 e. The molecule has 92 valence electrons. The molecule has 1 heterocycles. The fraction of sp³-hybridized carbons (Fsp3) is 0.417. The monoisotopic (exact) mass is 347 g/mol. The van der Waals surface area contributed by atoms with Crippen LogP contribution in [-0.4, -0.2) is 28.4 Å². The van der Waals surface area contributed by atoms with E-state index in [0.717, 1.165) is 9.13 Å². The molecular formula is C12H14INO3. The standard InChI is InChI=1S/C12H14INO3/c1-12(2)14(11(15)16)10(7-17-12)8-3-5-9(13)6-4-8/h3-6,10H,7H2,1-2H3,(H,15,16). The van der Waals surface area contributed by atoms with E-state index in [0.29, 0.717) is 6.61 Å². The highest BCUT2D eigenvalue weighted by Crippen LogP contribution is 2.36. The lowest BCUT2D eigenvalue weighted by atomic mass is 10.1. The van der Waals surface area contributed by atoms with E-state index in [4.69, 9.17) is 4.74 Å². The van der Waals surface area contributed by atoms with Crippen molar-refractivity contribution in [3.05, 3.63) is 33.4 Å². The molecule has 1 saturated heterocycles. The number of halogens is 1. The van der Waals surface area contributed by atoms with Crippen molar-refractivity contribution in [2.24, 2.45) is 0 Å². The van der Waals surface area contributed by atoms with Gasteiger partial charge in [-0.3, -0.25) is 4.90 Å². The minimum atomic E-state index is -0.948. The molecule has 0 radical (unpaired) electrons. The van der Waals surface area contributed by atoms with Crippen molar-refractivity contribution in [2.45, 2.75) is 25.6 Å². The number of amides is 1. The number of rotatable bonds is 1. The number of carbonyl (C=O) groups is 1. The Morgan fingerprint density at radius 3 is 2.59 bits per heavy atom. The highest BCUT2D eigenvalue weighted by Gasteiger charge is 2.44. The Morgan fingerprint density at radius 1 is 1.47 bits per heavy atom. The SMILES string of the molecule is CC1(C)OCC(c2ccc(I)cc2)N1C(=O)O. The van der Waals surface area contributed by atoms with Gasteiger partial charge in [-0.15, -0.1) is 0 Å². The topological polar surface area (TPSA) is 49.8 Å². The van der Waals surface area contributed by atoms with Crippen molar-refractivity contribution >= 4 is 28.7 Å². The maximum absolute atomic E-state index is 11.3. The van der Waals surface area contributed by atoms with E-state index in [1.54, 1.807) is 13.8 Å². The van der Waals surface area contributed by atoms with Crippen LogP contribution in [0.15, 0.2) is 24.3 Å². The van der Waals surface area contributed by atoms with Gasteiger partial charge in [0.1, 0.15) is 5.72 Å². The highest BCUT2D eigenvalue weighted by atomic mass is 127. The zero-order chi connectivity index (χ0) is 12.6. The number of hydrogen-bond donors (Lipinski definition) is 1. The second-order valence-electron chi connectivity index (χ2n) is 4.48. The summed E-state index contributed by atoms with van der Waals surface area (Å²) in [6.45, 7) is 3.95. The second kappa shape index (κ2) is 4.45. The fourth-order valence-corrected chi connectivity index (χ4v) is 2.46. The van der Waals surface area contributed by atoms with Crippen LogP contribution in [0.5, 0.6) is 0 Å². The Bertz CT molecular complexity index is 430. The van der Waals surface area contributed by atoms with Gasteiger partial charge in [0, 0.05) is 3.57 Å². The van der Waals surface area contributed by atoms with Crippen LogP contribution in [0.3, 0.4) is 0 Å². The Morgan fingerprint density at radius 2 is 2.06 bits per heavy atom. The maximum atomic E-state index is 11.3. The first-order chi connectivity index (χ1) is 7.92.